The summed E-state index contributed by atoms with van der Waals surface area (Å²) in [6, 6.07) is 10.1. The summed E-state index contributed by atoms with van der Waals surface area (Å²) >= 11 is 0. The Hall–Kier alpha value is -2.10. The van der Waals surface area contributed by atoms with E-state index in [4.69, 9.17) is 4.74 Å². The number of ether oxygens (including phenoxy) is 2. The molecule has 1 saturated carbocycles. The normalized spacial score (nSPS) is 22.0. The summed E-state index contributed by atoms with van der Waals surface area (Å²) in [6.45, 7) is 0. The van der Waals surface area contributed by atoms with Crippen LogP contribution in [-0.2, 0) is 19.1 Å². The van der Waals surface area contributed by atoms with E-state index in [2.05, 4.69) is 16.9 Å². The molecular formula is C17H20O4. The van der Waals surface area contributed by atoms with Crippen molar-refractivity contribution in [1.29, 1.82) is 0 Å². The van der Waals surface area contributed by atoms with Crippen LogP contribution in [-0.4, -0.2) is 25.2 Å². The van der Waals surface area contributed by atoms with E-state index in [1.165, 1.54) is 12.7 Å². The van der Waals surface area contributed by atoms with Gasteiger partial charge >= 0.3 is 11.9 Å². The minimum atomic E-state index is -0.560. The Morgan fingerprint density at radius 1 is 1.05 bits per heavy atom. The molecule has 0 aliphatic heterocycles. The van der Waals surface area contributed by atoms with E-state index in [1.54, 1.807) is 0 Å². The molecule has 0 amide bonds. The average molecular weight is 288 g/mol. The lowest BCUT2D eigenvalue weighted by atomic mass is 9.81. The Bertz CT molecular complexity index is 507. The fourth-order valence-corrected chi connectivity index (χ4v) is 2.71. The van der Waals surface area contributed by atoms with Gasteiger partial charge in [-0.05, 0) is 24.8 Å². The maximum absolute atomic E-state index is 11.8. The fourth-order valence-electron chi connectivity index (χ4n) is 2.71. The van der Waals surface area contributed by atoms with Crippen molar-refractivity contribution in [2.45, 2.75) is 37.7 Å². The third kappa shape index (κ3) is 4.45. The van der Waals surface area contributed by atoms with Gasteiger partial charge in [0.2, 0.25) is 0 Å². The maximum Gasteiger partial charge on any atom is 0.331 e. The molecule has 1 aromatic carbocycles. The van der Waals surface area contributed by atoms with Gasteiger partial charge in [0.1, 0.15) is 6.10 Å². The van der Waals surface area contributed by atoms with Crippen molar-refractivity contribution in [3.8, 4) is 0 Å². The van der Waals surface area contributed by atoms with Crippen LogP contribution in [0.5, 0.6) is 0 Å². The van der Waals surface area contributed by atoms with Gasteiger partial charge in [-0.3, -0.25) is 0 Å². The van der Waals surface area contributed by atoms with Gasteiger partial charge in [0.25, 0.3) is 0 Å². The van der Waals surface area contributed by atoms with Crippen LogP contribution in [0.25, 0.3) is 0 Å². The number of esters is 2. The highest BCUT2D eigenvalue weighted by Crippen LogP contribution is 2.34. The van der Waals surface area contributed by atoms with Crippen LogP contribution in [0, 0.1) is 0 Å². The Morgan fingerprint density at radius 3 is 2.43 bits per heavy atom. The predicted octanol–water partition coefficient (Wildman–Crippen LogP) is 2.99. The molecule has 0 spiro atoms. The molecule has 1 aromatic rings. The number of hydrogen-bond acceptors (Lipinski definition) is 4. The van der Waals surface area contributed by atoms with E-state index in [-0.39, 0.29) is 12.0 Å². The lowest BCUT2D eigenvalue weighted by Crippen LogP contribution is -2.28. The zero-order valence-corrected chi connectivity index (χ0v) is 12.2. The van der Waals surface area contributed by atoms with Gasteiger partial charge in [0.15, 0.2) is 0 Å². The molecule has 0 aromatic heterocycles. The Labute approximate surface area is 124 Å². The molecule has 2 atom stereocenters. The minimum Gasteiger partial charge on any atom is -0.466 e. The van der Waals surface area contributed by atoms with E-state index in [0.29, 0.717) is 0 Å². The summed E-state index contributed by atoms with van der Waals surface area (Å²) in [6.07, 6.45) is 6.16. The third-order valence-electron chi connectivity index (χ3n) is 3.75. The molecule has 1 aliphatic rings. The van der Waals surface area contributed by atoms with E-state index in [0.717, 1.165) is 37.8 Å². The molecule has 0 radical (unpaired) electrons. The molecule has 0 bridgehead atoms. The first-order valence-corrected chi connectivity index (χ1v) is 7.22. The van der Waals surface area contributed by atoms with E-state index < -0.39 is 11.9 Å². The smallest absolute Gasteiger partial charge is 0.331 e. The second-order valence-electron chi connectivity index (χ2n) is 5.13. The van der Waals surface area contributed by atoms with Gasteiger partial charge in [0.05, 0.1) is 7.11 Å². The van der Waals surface area contributed by atoms with Crippen molar-refractivity contribution in [2.24, 2.45) is 0 Å². The van der Waals surface area contributed by atoms with Gasteiger partial charge in [-0.25, -0.2) is 9.59 Å². The number of rotatable bonds is 4. The molecule has 0 heterocycles. The molecule has 112 valence electrons. The highest BCUT2D eigenvalue weighted by molar-refractivity contribution is 5.91. The zero-order chi connectivity index (χ0) is 15.1. The monoisotopic (exact) mass is 288 g/mol. The van der Waals surface area contributed by atoms with E-state index in [9.17, 15) is 9.59 Å². The predicted molar refractivity (Wildman–Crippen MR) is 78.7 cm³/mol. The van der Waals surface area contributed by atoms with Gasteiger partial charge in [0, 0.05) is 18.1 Å². The van der Waals surface area contributed by atoms with Crippen LogP contribution in [0.3, 0.4) is 0 Å². The summed E-state index contributed by atoms with van der Waals surface area (Å²) in [7, 11) is 1.27. The molecule has 2 rings (SSSR count). The fraction of sp³-hybridized carbons (Fsp3) is 0.412. The van der Waals surface area contributed by atoms with Crippen LogP contribution < -0.4 is 0 Å². The first-order chi connectivity index (χ1) is 10.2. The summed E-state index contributed by atoms with van der Waals surface area (Å²) in [4.78, 5) is 22.8. The SMILES string of the molecule is COC(=O)/C=C\C(=O)OC1CCCC[C@H]1c1ccccc1. The van der Waals surface area contributed by atoms with E-state index >= 15 is 0 Å². The highest BCUT2D eigenvalue weighted by atomic mass is 16.5. The second kappa shape index (κ2) is 7.62. The summed E-state index contributed by atoms with van der Waals surface area (Å²) in [5.74, 6) is -0.820. The number of carbonyl (C=O) groups is 2. The van der Waals surface area contributed by atoms with Crippen molar-refractivity contribution < 1.29 is 19.1 Å². The Balaban J connectivity index is 2.01. The zero-order valence-electron chi connectivity index (χ0n) is 12.2. The lowest BCUT2D eigenvalue weighted by Gasteiger charge is -2.31. The van der Waals surface area contributed by atoms with Crippen LogP contribution in [0.1, 0.15) is 37.2 Å². The summed E-state index contributed by atoms with van der Waals surface area (Å²) in [5, 5.41) is 0. The quantitative estimate of drug-likeness (QED) is 0.631. The largest absolute Gasteiger partial charge is 0.466 e. The van der Waals surface area contributed by atoms with Crippen LogP contribution in [0.15, 0.2) is 42.5 Å². The van der Waals surface area contributed by atoms with Crippen molar-refractivity contribution in [1.82, 2.24) is 0 Å². The molecule has 1 fully saturated rings. The molecule has 1 aliphatic carbocycles. The van der Waals surface area contributed by atoms with Crippen LogP contribution in [0.2, 0.25) is 0 Å². The molecule has 4 nitrogen and oxygen atoms in total. The molecular weight excluding hydrogens is 268 g/mol. The summed E-state index contributed by atoms with van der Waals surface area (Å²) < 4.78 is 9.97. The Morgan fingerprint density at radius 2 is 1.71 bits per heavy atom. The maximum atomic E-state index is 11.8. The van der Waals surface area contributed by atoms with Crippen molar-refractivity contribution in [2.75, 3.05) is 7.11 Å². The number of methoxy groups -OCH3 is 1. The van der Waals surface area contributed by atoms with Crippen molar-refractivity contribution in [3.05, 3.63) is 48.0 Å². The second-order valence-corrected chi connectivity index (χ2v) is 5.13. The van der Waals surface area contributed by atoms with Gasteiger partial charge in [-0.15, -0.1) is 0 Å². The van der Waals surface area contributed by atoms with Gasteiger partial charge in [-0.1, -0.05) is 36.8 Å². The first kappa shape index (κ1) is 15.3. The van der Waals surface area contributed by atoms with Crippen molar-refractivity contribution in [3.63, 3.8) is 0 Å². The van der Waals surface area contributed by atoms with Gasteiger partial charge in [-0.2, -0.15) is 0 Å². The van der Waals surface area contributed by atoms with Crippen LogP contribution in [0.4, 0.5) is 0 Å². The first-order valence-electron chi connectivity index (χ1n) is 7.22. The molecule has 4 heteroatoms. The molecule has 21 heavy (non-hydrogen) atoms. The highest BCUT2D eigenvalue weighted by Gasteiger charge is 2.28. The standard InChI is InChI=1S/C17H20O4/c1-20-16(18)11-12-17(19)21-15-10-6-5-9-14(15)13-7-3-2-4-8-13/h2-4,7-8,11-12,14-15H,5-6,9-10H2,1H3/b12-11-/t14-,15?/m0/s1. The van der Waals surface area contributed by atoms with E-state index in [1.807, 2.05) is 18.2 Å². The number of carbonyl (C=O) groups excluding carboxylic acids is 2. The minimum absolute atomic E-state index is 0.129. The van der Waals surface area contributed by atoms with Gasteiger partial charge < -0.3 is 9.47 Å². The summed E-state index contributed by atoms with van der Waals surface area (Å²) in [5.41, 5.74) is 1.20. The molecule has 1 unspecified atom stereocenters. The Kier molecular flexibility index (Phi) is 5.55. The number of benzene rings is 1. The van der Waals surface area contributed by atoms with Crippen LogP contribution >= 0.6 is 0 Å². The topological polar surface area (TPSA) is 52.6 Å². The number of hydrogen-bond donors (Lipinski definition) is 0. The molecule has 0 saturated heterocycles. The lowest BCUT2D eigenvalue weighted by molar-refractivity contribution is -0.146. The third-order valence-corrected chi connectivity index (χ3v) is 3.75. The molecule has 0 N–H and O–H groups in total. The average Bonchev–Trinajstić information content (AvgIpc) is 2.54. The van der Waals surface area contributed by atoms with Crippen molar-refractivity contribution >= 4 is 11.9 Å².